The molecule has 1 aromatic carbocycles. The summed E-state index contributed by atoms with van der Waals surface area (Å²) in [6.45, 7) is 0. The Kier molecular flexibility index (Phi) is 4.74. The van der Waals surface area contributed by atoms with Crippen LogP contribution in [0.2, 0.25) is 0 Å². The number of halogens is 1. The molecule has 1 heterocycles. The smallest absolute Gasteiger partial charge is 0.291 e. The molecule has 9 heteroatoms. The normalized spacial score (nSPS) is 10.2. The number of aromatic nitrogens is 3. The second-order valence-corrected chi connectivity index (χ2v) is 5.54. The lowest BCUT2D eigenvalue weighted by Crippen LogP contribution is -2.30. The van der Waals surface area contributed by atoms with E-state index in [-0.39, 0.29) is 16.8 Å². The van der Waals surface area contributed by atoms with Crippen LogP contribution in [-0.2, 0) is 4.79 Å². The Morgan fingerprint density at radius 1 is 1.40 bits per heavy atom. The van der Waals surface area contributed by atoms with Crippen molar-refractivity contribution in [2.24, 2.45) is 0 Å². The SMILES string of the molecule is Nn1c(SCC(=O)Nc2ccc(Br)cc2)nncc1=O. The Balaban J connectivity index is 1.94. The average molecular weight is 356 g/mol. The van der Waals surface area contributed by atoms with Crippen LogP contribution in [0.25, 0.3) is 0 Å². The first-order valence-corrected chi connectivity index (χ1v) is 7.22. The predicted molar refractivity (Wildman–Crippen MR) is 79.9 cm³/mol. The van der Waals surface area contributed by atoms with Gasteiger partial charge in [0.05, 0.1) is 5.75 Å². The van der Waals surface area contributed by atoms with Crippen molar-refractivity contribution in [3.05, 3.63) is 45.3 Å². The number of nitrogen functional groups attached to an aromatic ring is 1. The standard InChI is InChI=1S/C11H10BrN5O2S/c12-7-1-3-8(4-2-7)15-9(18)6-20-11-16-14-5-10(19)17(11)13/h1-5H,6,13H2,(H,15,18). The molecule has 0 fully saturated rings. The molecule has 2 aromatic rings. The molecule has 104 valence electrons. The number of nitrogens with two attached hydrogens (primary N) is 1. The van der Waals surface area contributed by atoms with E-state index in [9.17, 15) is 9.59 Å². The minimum absolute atomic E-state index is 0.0748. The second kappa shape index (κ2) is 6.53. The number of carbonyl (C=O) groups excluding carboxylic acids is 1. The molecule has 0 atom stereocenters. The Morgan fingerprint density at radius 2 is 2.10 bits per heavy atom. The lowest BCUT2D eigenvalue weighted by Gasteiger charge is -2.06. The number of rotatable bonds is 4. The number of hydrogen-bond donors (Lipinski definition) is 2. The maximum absolute atomic E-state index is 11.7. The Hall–Kier alpha value is -1.87. The summed E-state index contributed by atoms with van der Waals surface area (Å²) in [6.07, 6.45) is 1.01. The number of benzene rings is 1. The molecule has 1 amide bonds. The van der Waals surface area contributed by atoms with Gasteiger partial charge in [0, 0.05) is 10.2 Å². The van der Waals surface area contributed by atoms with Gasteiger partial charge in [-0.3, -0.25) is 9.59 Å². The highest BCUT2D eigenvalue weighted by molar-refractivity contribution is 9.10. The zero-order valence-corrected chi connectivity index (χ0v) is 12.5. The monoisotopic (exact) mass is 355 g/mol. The van der Waals surface area contributed by atoms with Gasteiger partial charge in [0.2, 0.25) is 11.1 Å². The van der Waals surface area contributed by atoms with Gasteiger partial charge in [-0.25, -0.2) is 0 Å². The van der Waals surface area contributed by atoms with E-state index in [0.717, 1.165) is 27.1 Å². The van der Waals surface area contributed by atoms with Crippen LogP contribution in [0.1, 0.15) is 0 Å². The largest absolute Gasteiger partial charge is 0.334 e. The van der Waals surface area contributed by atoms with Gasteiger partial charge in [-0.1, -0.05) is 27.7 Å². The molecule has 20 heavy (non-hydrogen) atoms. The van der Waals surface area contributed by atoms with Crippen LogP contribution in [-0.4, -0.2) is 26.5 Å². The summed E-state index contributed by atoms with van der Waals surface area (Å²) in [4.78, 5) is 23.0. The van der Waals surface area contributed by atoms with Gasteiger partial charge in [0.1, 0.15) is 6.20 Å². The van der Waals surface area contributed by atoms with Gasteiger partial charge in [-0.2, -0.15) is 9.77 Å². The molecule has 0 unspecified atom stereocenters. The molecule has 2 rings (SSSR count). The van der Waals surface area contributed by atoms with Crippen molar-refractivity contribution in [3.63, 3.8) is 0 Å². The molecule has 0 saturated heterocycles. The average Bonchev–Trinajstić information content (AvgIpc) is 2.43. The van der Waals surface area contributed by atoms with Crippen LogP contribution in [0.15, 0.2) is 44.9 Å². The van der Waals surface area contributed by atoms with E-state index in [1.165, 1.54) is 0 Å². The summed E-state index contributed by atoms with van der Waals surface area (Å²) in [5.41, 5.74) is 0.207. The molecule has 0 spiro atoms. The van der Waals surface area contributed by atoms with Crippen LogP contribution >= 0.6 is 27.7 Å². The molecule has 0 aliphatic rings. The molecule has 0 saturated carbocycles. The topological polar surface area (TPSA) is 103 Å². The van der Waals surface area contributed by atoms with Gasteiger partial charge in [0.25, 0.3) is 5.56 Å². The van der Waals surface area contributed by atoms with Crippen molar-refractivity contribution in [2.75, 3.05) is 16.9 Å². The Bertz CT molecular complexity index is 673. The van der Waals surface area contributed by atoms with Gasteiger partial charge < -0.3 is 11.2 Å². The van der Waals surface area contributed by atoms with Crippen molar-refractivity contribution >= 4 is 39.3 Å². The highest BCUT2D eigenvalue weighted by Gasteiger charge is 2.08. The van der Waals surface area contributed by atoms with Crippen molar-refractivity contribution < 1.29 is 4.79 Å². The first-order chi connectivity index (χ1) is 9.56. The Labute approximate surface area is 126 Å². The third-order valence-corrected chi connectivity index (χ3v) is 3.69. The van der Waals surface area contributed by atoms with E-state index in [2.05, 4.69) is 31.4 Å². The van der Waals surface area contributed by atoms with E-state index in [0.29, 0.717) is 5.69 Å². The zero-order chi connectivity index (χ0) is 14.5. The van der Waals surface area contributed by atoms with Crippen molar-refractivity contribution in [2.45, 2.75) is 5.16 Å². The van der Waals surface area contributed by atoms with Gasteiger partial charge in [0.15, 0.2) is 0 Å². The minimum atomic E-state index is -0.476. The van der Waals surface area contributed by atoms with Crippen LogP contribution in [0.4, 0.5) is 5.69 Å². The molecular weight excluding hydrogens is 346 g/mol. The highest BCUT2D eigenvalue weighted by Crippen LogP contribution is 2.15. The minimum Gasteiger partial charge on any atom is -0.334 e. The summed E-state index contributed by atoms with van der Waals surface area (Å²) in [5, 5.41) is 10.1. The third kappa shape index (κ3) is 3.81. The van der Waals surface area contributed by atoms with E-state index in [1.807, 2.05) is 12.1 Å². The lowest BCUT2D eigenvalue weighted by atomic mass is 10.3. The van der Waals surface area contributed by atoms with Crippen LogP contribution < -0.4 is 16.7 Å². The molecular formula is C11H10BrN5O2S. The van der Waals surface area contributed by atoms with E-state index >= 15 is 0 Å². The molecule has 0 bridgehead atoms. The molecule has 0 aliphatic carbocycles. The number of hydrogen-bond acceptors (Lipinski definition) is 6. The maximum atomic E-state index is 11.7. The molecule has 0 radical (unpaired) electrons. The fourth-order valence-corrected chi connectivity index (χ4v) is 2.22. The molecule has 7 nitrogen and oxygen atoms in total. The lowest BCUT2D eigenvalue weighted by molar-refractivity contribution is -0.113. The van der Waals surface area contributed by atoms with Gasteiger partial charge in [-0.15, -0.1) is 5.10 Å². The maximum Gasteiger partial charge on any atom is 0.291 e. The van der Waals surface area contributed by atoms with Gasteiger partial charge in [-0.05, 0) is 24.3 Å². The number of amides is 1. The molecule has 0 aliphatic heterocycles. The fraction of sp³-hybridized carbons (Fsp3) is 0.0909. The molecule has 3 N–H and O–H groups in total. The summed E-state index contributed by atoms with van der Waals surface area (Å²) >= 11 is 4.34. The zero-order valence-electron chi connectivity index (χ0n) is 10.1. The summed E-state index contributed by atoms with van der Waals surface area (Å²) in [5.74, 6) is 5.33. The number of nitrogens with one attached hydrogen (secondary N) is 1. The second-order valence-electron chi connectivity index (χ2n) is 3.68. The van der Waals surface area contributed by atoms with E-state index < -0.39 is 5.56 Å². The summed E-state index contributed by atoms with van der Waals surface area (Å²) < 4.78 is 1.78. The predicted octanol–water partition coefficient (Wildman–Crippen LogP) is 0.845. The van der Waals surface area contributed by atoms with Crippen LogP contribution in [0.5, 0.6) is 0 Å². The first kappa shape index (κ1) is 14.5. The molecule has 1 aromatic heterocycles. The highest BCUT2D eigenvalue weighted by atomic mass is 79.9. The van der Waals surface area contributed by atoms with Crippen molar-refractivity contribution in [1.82, 2.24) is 14.9 Å². The number of thioether (sulfide) groups is 1. The number of carbonyl (C=O) groups is 1. The van der Waals surface area contributed by atoms with Crippen molar-refractivity contribution in [3.8, 4) is 0 Å². The van der Waals surface area contributed by atoms with Gasteiger partial charge >= 0.3 is 0 Å². The first-order valence-electron chi connectivity index (χ1n) is 5.44. The van der Waals surface area contributed by atoms with E-state index in [4.69, 9.17) is 5.84 Å². The number of anilines is 1. The number of nitrogens with zero attached hydrogens (tertiary/aromatic N) is 3. The van der Waals surface area contributed by atoms with Crippen LogP contribution in [0.3, 0.4) is 0 Å². The quantitative estimate of drug-likeness (QED) is 0.622. The van der Waals surface area contributed by atoms with E-state index in [1.54, 1.807) is 12.1 Å². The fourth-order valence-electron chi connectivity index (χ4n) is 1.29. The summed E-state index contributed by atoms with van der Waals surface area (Å²) in [7, 11) is 0. The summed E-state index contributed by atoms with van der Waals surface area (Å²) in [6, 6.07) is 7.19. The Morgan fingerprint density at radius 3 is 2.80 bits per heavy atom. The third-order valence-electron chi connectivity index (χ3n) is 2.22. The van der Waals surface area contributed by atoms with Crippen molar-refractivity contribution in [1.29, 1.82) is 0 Å². The van der Waals surface area contributed by atoms with Crippen LogP contribution in [0, 0.1) is 0 Å².